The standard InChI is InChI=1S/C28H23F3N2O6/c1-14-9-17(11-18(10-14)39-23(35)8-5-15-3-6-16(7-4-15)28(29,30)31)33-22(34)13-19-20-12-21(24(19)27(33)38)26(37)32(2)25(20)36/h3-11,19-21,24H,12-13H2,1-2H3. The van der Waals surface area contributed by atoms with Crippen LogP contribution in [0, 0.1) is 30.6 Å². The normalized spacial score (nSPS) is 24.9. The highest BCUT2D eigenvalue weighted by atomic mass is 19.4. The number of anilines is 1. The smallest absolute Gasteiger partial charge is 0.416 e. The van der Waals surface area contributed by atoms with E-state index in [0.29, 0.717) is 11.1 Å². The Bertz CT molecular complexity index is 1430. The van der Waals surface area contributed by atoms with Gasteiger partial charge >= 0.3 is 12.1 Å². The van der Waals surface area contributed by atoms with Crippen molar-refractivity contribution >= 4 is 41.4 Å². The second-order valence-corrected chi connectivity index (χ2v) is 10.0. The van der Waals surface area contributed by atoms with E-state index in [-0.39, 0.29) is 30.2 Å². The van der Waals surface area contributed by atoms with Crippen molar-refractivity contribution in [2.24, 2.45) is 23.7 Å². The minimum Gasteiger partial charge on any atom is -0.423 e. The lowest BCUT2D eigenvalue weighted by Gasteiger charge is -2.34. The molecule has 5 rings (SSSR count). The zero-order valence-corrected chi connectivity index (χ0v) is 20.9. The molecule has 2 aromatic rings. The Hall–Kier alpha value is -4.28. The van der Waals surface area contributed by atoms with Crippen LogP contribution in [0.15, 0.2) is 48.5 Å². The first-order valence-electron chi connectivity index (χ1n) is 12.2. The van der Waals surface area contributed by atoms with Gasteiger partial charge in [-0.05, 0) is 60.7 Å². The van der Waals surface area contributed by atoms with Gasteiger partial charge in [-0.25, -0.2) is 4.79 Å². The molecule has 4 atom stereocenters. The molecule has 39 heavy (non-hydrogen) atoms. The Morgan fingerprint density at radius 2 is 1.64 bits per heavy atom. The summed E-state index contributed by atoms with van der Waals surface area (Å²) in [6.07, 6.45) is -1.95. The number of aryl methyl sites for hydroxylation is 1. The number of ether oxygens (including phenoxy) is 1. The molecule has 8 nitrogen and oxygen atoms in total. The molecule has 0 aromatic heterocycles. The summed E-state index contributed by atoms with van der Waals surface area (Å²) in [6.45, 7) is 1.68. The summed E-state index contributed by atoms with van der Waals surface area (Å²) in [5.74, 6) is -5.21. The molecule has 4 amide bonds. The van der Waals surface area contributed by atoms with Crippen LogP contribution in [0.5, 0.6) is 5.75 Å². The van der Waals surface area contributed by atoms with Crippen molar-refractivity contribution < 1.29 is 41.9 Å². The van der Waals surface area contributed by atoms with Crippen LogP contribution in [-0.4, -0.2) is 41.5 Å². The predicted molar refractivity (Wildman–Crippen MR) is 131 cm³/mol. The van der Waals surface area contributed by atoms with Crippen LogP contribution in [-0.2, 0) is 30.1 Å². The van der Waals surface area contributed by atoms with Crippen LogP contribution in [0.3, 0.4) is 0 Å². The van der Waals surface area contributed by atoms with Crippen molar-refractivity contribution in [1.82, 2.24) is 4.90 Å². The molecular weight excluding hydrogens is 517 g/mol. The van der Waals surface area contributed by atoms with Crippen molar-refractivity contribution in [2.75, 3.05) is 11.9 Å². The van der Waals surface area contributed by atoms with Crippen molar-refractivity contribution in [1.29, 1.82) is 0 Å². The summed E-state index contributed by atoms with van der Waals surface area (Å²) in [7, 11) is 1.39. The van der Waals surface area contributed by atoms with Crippen LogP contribution in [0.2, 0.25) is 0 Å². The zero-order chi connectivity index (χ0) is 28.2. The number of hydrogen-bond donors (Lipinski definition) is 0. The molecule has 1 saturated carbocycles. The highest BCUT2D eigenvalue weighted by Crippen LogP contribution is 2.51. The lowest BCUT2D eigenvalue weighted by atomic mass is 9.80. The minimum atomic E-state index is -4.47. The molecule has 1 aliphatic carbocycles. The van der Waals surface area contributed by atoms with E-state index >= 15 is 0 Å². The van der Waals surface area contributed by atoms with E-state index in [0.717, 1.165) is 28.0 Å². The number of halogens is 3. The van der Waals surface area contributed by atoms with E-state index < -0.39 is 59.1 Å². The molecule has 3 fully saturated rings. The topological polar surface area (TPSA) is 101 Å². The molecular formula is C28H23F3N2O6. The third-order valence-corrected chi connectivity index (χ3v) is 7.54. The van der Waals surface area contributed by atoms with E-state index in [1.165, 1.54) is 37.4 Å². The molecule has 0 N–H and O–H groups in total. The van der Waals surface area contributed by atoms with E-state index in [4.69, 9.17) is 4.74 Å². The second-order valence-electron chi connectivity index (χ2n) is 10.0. The summed E-state index contributed by atoms with van der Waals surface area (Å²) in [5.41, 5.74) is 0.295. The summed E-state index contributed by atoms with van der Waals surface area (Å²) in [5, 5.41) is 0. The number of nitrogens with zero attached hydrogens (tertiary/aromatic N) is 2. The fourth-order valence-electron chi connectivity index (χ4n) is 5.76. The number of carbonyl (C=O) groups is 5. The molecule has 2 aliphatic heterocycles. The number of rotatable bonds is 4. The van der Waals surface area contributed by atoms with Crippen LogP contribution in [0.4, 0.5) is 18.9 Å². The van der Waals surface area contributed by atoms with Crippen molar-refractivity contribution in [3.05, 3.63) is 65.2 Å². The monoisotopic (exact) mass is 540 g/mol. The number of fused-ring (bicyclic) bond motifs is 5. The third kappa shape index (κ3) is 4.73. The maximum absolute atomic E-state index is 13.5. The molecule has 0 spiro atoms. The molecule has 2 heterocycles. The average molecular weight is 540 g/mol. The SMILES string of the molecule is Cc1cc(OC(=O)C=Cc2ccc(C(F)(F)F)cc2)cc(N2C(=O)CC3C4CC(C(=O)N(C)C4=O)C3C2=O)c1. The van der Waals surface area contributed by atoms with Gasteiger partial charge in [0.25, 0.3) is 0 Å². The fourth-order valence-corrected chi connectivity index (χ4v) is 5.76. The molecule has 4 unspecified atom stereocenters. The molecule has 11 heteroatoms. The molecule has 2 aromatic carbocycles. The fraction of sp³-hybridized carbons (Fsp3) is 0.321. The lowest BCUT2D eigenvalue weighted by molar-refractivity contribution is -0.152. The highest BCUT2D eigenvalue weighted by molar-refractivity contribution is 6.20. The summed E-state index contributed by atoms with van der Waals surface area (Å²) in [6, 6.07) is 8.68. The van der Waals surface area contributed by atoms with Gasteiger partial charge < -0.3 is 4.74 Å². The van der Waals surface area contributed by atoms with Gasteiger partial charge in [0.15, 0.2) is 0 Å². The maximum Gasteiger partial charge on any atom is 0.416 e. The summed E-state index contributed by atoms with van der Waals surface area (Å²) in [4.78, 5) is 66.4. The minimum absolute atomic E-state index is 0.0472. The highest BCUT2D eigenvalue weighted by Gasteiger charge is 2.61. The van der Waals surface area contributed by atoms with E-state index in [2.05, 4.69) is 0 Å². The lowest BCUT2D eigenvalue weighted by Crippen LogP contribution is -2.50. The number of amides is 4. The Kier molecular flexibility index (Phi) is 6.40. The molecule has 2 bridgehead atoms. The first-order chi connectivity index (χ1) is 18.3. The van der Waals surface area contributed by atoms with Crippen LogP contribution >= 0.6 is 0 Å². The number of carbonyl (C=O) groups excluding carboxylic acids is 5. The van der Waals surface area contributed by atoms with Crippen LogP contribution < -0.4 is 9.64 Å². The summed E-state index contributed by atoms with van der Waals surface area (Å²) >= 11 is 0. The summed E-state index contributed by atoms with van der Waals surface area (Å²) < 4.78 is 43.5. The Balaban J connectivity index is 1.34. The number of hydrogen-bond acceptors (Lipinski definition) is 6. The zero-order valence-electron chi connectivity index (χ0n) is 20.9. The van der Waals surface area contributed by atoms with Gasteiger partial charge in [0.1, 0.15) is 5.75 Å². The molecule has 0 radical (unpaired) electrons. The van der Waals surface area contributed by atoms with Gasteiger partial charge in [-0.15, -0.1) is 0 Å². The number of imide groups is 2. The Labute approximate surface area is 221 Å². The van der Waals surface area contributed by atoms with Gasteiger partial charge in [0.2, 0.25) is 23.6 Å². The van der Waals surface area contributed by atoms with E-state index in [1.54, 1.807) is 13.0 Å². The number of esters is 1. The second kappa shape index (κ2) is 9.48. The molecule has 3 aliphatic rings. The number of alkyl halides is 3. The third-order valence-electron chi connectivity index (χ3n) is 7.54. The van der Waals surface area contributed by atoms with Crippen molar-refractivity contribution in [2.45, 2.75) is 25.9 Å². The average Bonchev–Trinajstić information content (AvgIpc) is 3.21. The van der Waals surface area contributed by atoms with Crippen molar-refractivity contribution in [3.63, 3.8) is 0 Å². The quantitative estimate of drug-likeness (QED) is 0.253. The first kappa shape index (κ1) is 26.3. The van der Waals surface area contributed by atoms with Crippen LogP contribution in [0.1, 0.15) is 29.5 Å². The van der Waals surface area contributed by atoms with Crippen molar-refractivity contribution in [3.8, 4) is 5.75 Å². The number of piperidine rings is 2. The van der Waals surface area contributed by atoms with Gasteiger partial charge in [0, 0.05) is 31.5 Å². The van der Waals surface area contributed by atoms with Crippen LogP contribution in [0.25, 0.3) is 6.08 Å². The number of benzene rings is 2. The number of likely N-dealkylation sites (tertiary alicyclic amines) is 1. The predicted octanol–water partition coefficient (Wildman–Crippen LogP) is 3.76. The van der Waals surface area contributed by atoms with E-state index in [1.807, 2.05) is 0 Å². The first-order valence-corrected chi connectivity index (χ1v) is 12.2. The Morgan fingerprint density at radius 1 is 0.974 bits per heavy atom. The van der Waals surface area contributed by atoms with Gasteiger partial charge in [0.05, 0.1) is 23.1 Å². The van der Waals surface area contributed by atoms with Gasteiger partial charge in [-0.3, -0.25) is 29.0 Å². The maximum atomic E-state index is 13.5. The van der Waals surface area contributed by atoms with Gasteiger partial charge in [-0.1, -0.05) is 12.1 Å². The van der Waals surface area contributed by atoms with Gasteiger partial charge in [-0.2, -0.15) is 13.2 Å². The molecule has 202 valence electrons. The van der Waals surface area contributed by atoms with E-state index in [9.17, 15) is 37.1 Å². The Morgan fingerprint density at radius 3 is 2.31 bits per heavy atom. The molecule has 2 saturated heterocycles. The largest absolute Gasteiger partial charge is 0.423 e.